The molecule has 0 aromatic heterocycles. The summed E-state index contributed by atoms with van der Waals surface area (Å²) in [6.07, 6.45) is 5.08. The maximum absolute atomic E-state index is 11.0. The predicted octanol–water partition coefficient (Wildman–Crippen LogP) is 2.57. The number of hydrogen-bond acceptors (Lipinski definition) is 4. The van der Waals surface area contributed by atoms with Gasteiger partial charge in [0, 0.05) is 1.37 Å². The summed E-state index contributed by atoms with van der Waals surface area (Å²) in [6, 6.07) is 0. The van der Waals surface area contributed by atoms with Crippen molar-refractivity contribution in [1.29, 1.82) is 0 Å². The molecule has 0 saturated carbocycles. The van der Waals surface area contributed by atoms with Crippen LogP contribution in [0.1, 0.15) is 46.8 Å². The Labute approximate surface area is 102 Å². The van der Waals surface area contributed by atoms with E-state index in [-0.39, 0.29) is 6.61 Å². The summed E-state index contributed by atoms with van der Waals surface area (Å²) in [7, 11) is -9.69. The first kappa shape index (κ1) is 15.3. The quantitative estimate of drug-likeness (QED) is 0.418. The van der Waals surface area contributed by atoms with Gasteiger partial charge in [-0.3, -0.25) is 4.52 Å². The molecular weight excluding hydrogens is 270 g/mol. The normalized spacial score (nSPS) is 16.5. The van der Waals surface area contributed by atoms with Crippen molar-refractivity contribution >= 4 is 15.6 Å². The summed E-state index contributed by atoms with van der Waals surface area (Å²) in [6.45, 7) is 0.336. The Hall–Kier alpha value is 0.260. The minimum atomic E-state index is -5.02. The molecule has 0 amide bonds. The van der Waals surface area contributed by atoms with Crippen LogP contribution in [0.3, 0.4) is 0 Å². The summed E-state index contributed by atoms with van der Waals surface area (Å²) in [5, 5.41) is 0. The number of unbranched alkanes of at least 4 members (excludes halogenated alkanes) is 5. The van der Waals surface area contributed by atoms with Gasteiger partial charge in [0.2, 0.25) is 0 Å². The third-order valence-corrected chi connectivity index (χ3v) is 4.04. The monoisotopic (exact) mass is 291 g/mol. The Morgan fingerprint density at radius 3 is 2.24 bits per heavy atom. The van der Waals surface area contributed by atoms with Gasteiger partial charge < -0.3 is 14.7 Å². The van der Waals surface area contributed by atoms with E-state index in [0.717, 1.165) is 32.1 Å². The molecule has 3 N–H and O–H groups in total. The van der Waals surface area contributed by atoms with E-state index < -0.39 is 15.6 Å². The van der Waals surface area contributed by atoms with Crippen molar-refractivity contribution in [2.45, 2.75) is 45.4 Å². The van der Waals surface area contributed by atoms with Crippen LogP contribution in [0, 0.1) is 0 Å². The van der Waals surface area contributed by atoms with Crippen molar-refractivity contribution in [3.63, 3.8) is 0 Å². The van der Waals surface area contributed by atoms with Crippen molar-refractivity contribution in [2.75, 3.05) is 6.61 Å². The van der Waals surface area contributed by atoms with Gasteiger partial charge in [-0.2, -0.15) is 4.31 Å². The van der Waals surface area contributed by atoms with E-state index >= 15 is 0 Å². The Bertz CT molecular complexity index is 306. The molecule has 0 bridgehead atoms. The maximum Gasteiger partial charge on any atom is 0.481 e. The topological polar surface area (TPSA) is 113 Å². The first-order valence-corrected chi connectivity index (χ1v) is 8.33. The Morgan fingerprint density at radius 2 is 1.65 bits per heavy atom. The van der Waals surface area contributed by atoms with E-state index in [1.165, 1.54) is 0 Å². The van der Waals surface area contributed by atoms with Crippen LogP contribution in [0.5, 0.6) is 0 Å². The molecule has 0 aromatic carbocycles. The molecule has 104 valence electrons. The molecule has 0 heterocycles. The third kappa shape index (κ3) is 12.5. The van der Waals surface area contributed by atoms with Gasteiger partial charge >= 0.3 is 15.6 Å². The molecule has 17 heavy (non-hydrogen) atoms. The van der Waals surface area contributed by atoms with E-state index in [1.807, 2.05) is 0 Å². The molecule has 7 nitrogen and oxygen atoms in total. The highest BCUT2D eigenvalue weighted by Crippen LogP contribution is 2.57. The lowest BCUT2D eigenvalue weighted by molar-refractivity contribution is 0.176. The van der Waals surface area contributed by atoms with Crippen molar-refractivity contribution in [2.24, 2.45) is 0 Å². The summed E-state index contributed by atoms with van der Waals surface area (Å²) in [5.41, 5.74) is 0. The molecule has 0 aliphatic heterocycles. The van der Waals surface area contributed by atoms with Gasteiger partial charge in [0.15, 0.2) is 0 Å². The second kappa shape index (κ2) is 8.38. The number of hydrogen-bond donors (Lipinski definition) is 3. The van der Waals surface area contributed by atoms with Crippen LogP contribution in [-0.2, 0) is 18.0 Å². The Kier molecular flexibility index (Phi) is 7.55. The van der Waals surface area contributed by atoms with E-state index in [1.54, 1.807) is 0 Å². The highest BCUT2D eigenvalue weighted by atomic mass is 31.3. The average Bonchev–Trinajstić information content (AvgIpc) is 2.18. The number of phosphoric ester groups is 1. The van der Waals surface area contributed by atoms with E-state index in [9.17, 15) is 9.13 Å². The van der Waals surface area contributed by atoms with Crippen molar-refractivity contribution in [1.82, 2.24) is 0 Å². The van der Waals surface area contributed by atoms with Gasteiger partial charge in [-0.15, -0.1) is 0 Å². The second-order valence-corrected chi connectivity index (χ2v) is 6.32. The summed E-state index contributed by atoms with van der Waals surface area (Å²) >= 11 is 0. The molecule has 9 heteroatoms. The van der Waals surface area contributed by atoms with Crippen LogP contribution in [0.4, 0.5) is 0 Å². The maximum atomic E-state index is 11.0. The predicted molar refractivity (Wildman–Crippen MR) is 62.3 cm³/mol. The minimum absolute atomic E-state index is 0.0910. The summed E-state index contributed by atoms with van der Waals surface area (Å²) < 4.78 is 36.3. The SMILES string of the molecule is [2H]CCCCCCCCOP(=O)(O)OP(=O)(O)O. The van der Waals surface area contributed by atoms with E-state index in [4.69, 9.17) is 16.1 Å². The fourth-order valence-electron chi connectivity index (χ4n) is 1.15. The standard InChI is InChI=1S/C8H20O7P2/c1-2-3-4-5-6-7-8-14-17(12,13)15-16(9,10)11/h2-8H2,1H3,(H,12,13)(H2,9,10,11)/i1D. The third-order valence-electron chi connectivity index (χ3n) is 1.86. The fraction of sp³-hybridized carbons (Fsp3) is 1.00. The molecule has 0 aliphatic carbocycles. The number of phosphoric acid groups is 2. The van der Waals surface area contributed by atoms with Gasteiger partial charge in [-0.05, 0) is 6.42 Å². The zero-order valence-electron chi connectivity index (χ0n) is 10.5. The molecule has 1 unspecified atom stereocenters. The van der Waals surface area contributed by atoms with Crippen LogP contribution in [-0.4, -0.2) is 21.3 Å². The second-order valence-electron chi connectivity index (χ2n) is 3.50. The minimum Gasteiger partial charge on any atom is -0.302 e. The average molecular weight is 291 g/mol. The van der Waals surface area contributed by atoms with Crippen LogP contribution in [0.2, 0.25) is 0 Å². The fourth-order valence-corrected chi connectivity index (χ4v) is 2.77. The molecular formula is C8H20O7P2. The highest BCUT2D eigenvalue weighted by Gasteiger charge is 2.31. The van der Waals surface area contributed by atoms with E-state index in [2.05, 4.69) is 8.83 Å². The van der Waals surface area contributed by atoms with Gasteiger partial charge in [0.05, 0.1) is 6.61 Å². The van der Waals surface area contributed by atoms with Crippen LogP contribution in [0.15, 0.2) is 0 Å². The molecule has 0 rings (SSSR count). The lowest BCUT2D eigenvalue weighted by Gasteiger charge is -2.12. The molecule has 0 saturated heterocycles. The summed E-state index contributed by atoms with van der Waals surface area (Å²) in [5.74, 6) is 0. The van der Waals surface area contributed by atoms with Crippen LogP contribution >= 0.6 is 15.6 Å². The first-order valence-electron chi connectivity index (χ1n) is 6.01. The number of rotatable bonds is 10. The molecule has 0 aliphatic rings. The highest BCUT2D eigenvalue weighted by molar-refractivity contribution is 7.60. The van der Waals surface area contributed by atoms with Crippen molar-refractivity contribution in [3.05, 3.63) is 0 Å². The van der Waals surface area contributed by atoms with Crippen molar-refractivity contribution in [3.8, 4) is 0 Å². The van der Waals surface area contributed by atoms with E-state index in [0.29, 0.717) is 13.3 Å². The zero-order chi connectivity index (χ0) is 14.1. The molecule has 0 radical (unpaired) electrons. The first-order chi connectivity index (χ1) is 8.27. The van der Waals surface area contributed by atoms with Gasteiger partial charge in [0.1, 0.15) is 0 Å². The van der Waals surface area contributed by atoms with Crippen LogP contribution < -0.4 is 0 Å². The zero-order valence-corrected chi connectivity index (χ0v) is 11.3. The lowest BCUT2D eigenvalue weighted by Crippen LogP contribution is -1.96. The van der Waals surface area contributed by atoms with Crippen LogP contribution in [0.25, 0.3) is 0 Å². The molecule has 0 aromatic rings. The van der Waals surface area contributed by atoms with Crippen molar-refractivity contribution < 1.29 is 34.0 Å². The summed E-state index contributed by atoms with van der Waals surface area (Å²) in [4.78, 5) is 25.6. The smallest absolute Gasteiger partial charge is 0.302 e. The molecule has 0 fully saturated rings. The molecule has 0 spiro atoms. The van der Waals surface area contributed by atoms with Gasteiger partial charge in [0.25, 0.3) is 0 Å². The van der Waals surface area contributed by atoms with Gasteiger partial charge in [-0.25, -0.2) is 9.13 Å². The van der Waals surface area contributed by atoms with Gasteiger partial charge in [-0.1, -0.05) is 39.0 Å². The Balaban J connectivity index is 3.54. The largest absolute Gasteiger partial charge is 0.481 e. The lowest BCUT2D eigenvalue weighted by atomic mass is 10.1. The Morgan fingerprint density at radius 1 is 1.06 bits per heavy atom. The molecule has 1 atom stereocenters.